The van der Waals surface area contributed by atoms with E-state index in [-0.39, 0.29) is 41.3 Å². The Bertz CT molecular complexity index is 819. The number of hydrogen-bond donors (Lipinski definition) is 3. The van der Waals surface area contributed by atoms with Crippen molar-refractivity contribution in [3.05, 3.63) is 29.8 Å². The van der Waals surface area contributed by atoms with Crippen LogP contribution in [0.1, 0.15) is 31.2 Å². The molecule has 1 aromatic carbocycles. The first-order chi connectivity index (χ1) is 13.7. The number of rotatable bonds is 8. The fourth-order valence-electron chi connectivity index (χ4n) is 3.63. The molecule has 8 nitrogen and oxygen atoms in total. The third-order valence-electron chi connectivity index (χ3n) is 5.28. The monoisotopic (exact) mass is 551 g/mol. The average molecular weight is 551 g/mol. The quantitative estimate of drug-likeness (QED) is 0.198. The summed E-state index contributed by atoms with van der Waals surface area (Å²) in [5, 5.41) is 6.34. The molecule has 1 amide bonds. The van der Waals surface area contributed by atoms with E-state index in [0.717, 1.165) is 31.2 Å². The first-order valence-electron chi connectivity index (χ1n) is 9.93. The lowest BCUT2D eigenvalue weighted by Crippen LogP contribution is -2.50. The first-order valence-corrected chi connectivity index (χ1v) is 11.4. The Morgan fingerprint density at radius 3 is 2.23 bits per heavy atom. The summed E-state index contributed by atoms with van der Waals surface area (Å²) in [5.74, 6) is 0.696. The van der Waals surface area contributed by atoms with Crippen molar-refractivity contribution in [1.29, 1.82) is 0 Å². The second kappa shape index (κ2) is 11.8. The van der Waals surface area contributed by atoms with Crippen molar-refractivity contribution in [3.63, 3.8) is 0 Å². The van der Waals surface area contributed by atoms with E-state index in [4.69, 9.17) is 0 Å². The Labute approximate surface area is 197 Å². The van der Waals surface area contributed by atoms with Crippen molar-refractivity contribution in [1.82, 2.24) is 20.3 Å². The van der Waals surface area contributed by atoms with Crippen molar-refractivity contribution < 1.29 is 13.2 Å². The molecule has 0 saturated heterocycles. The van der Waals surface area contributed by atoms with Crippen LogP contribution in [-0.2, 0) is 14.8 Å². The number of halogens is 1. The van der Waals surface area contributed by atoms with Gasteiger partial charge in [0.15, 0.2) is 5.96 Å². The molecule has 0 heterocycles. The molecule has 0 aromatic heterocycles. The number of aryl methyl sites for hydroxylation is 1. The molecule has 1 aromatic rings. The molecule has 0 radical (unpaired) electrons. The minimum Gasteiger partial charge on any atom is -0.355 e. The van der Waals surface area contributed by atoms with E-state index < -0.39 is 15.4 Å². The van der Waals surface area contributed by atoms with Gasteiger partial charge in [0.1, 0.15) is 0 Å². The molecule has 1 aliphatic rings. The number of aliphatic imine (C=N–C) groups is 1. The lowest BCUT2D eigenvalue weighted by molar-refractivity contribution is -0.138. The van der Waals surface area contributed by atoms with Gasteiger partial charge in [-0.3, -0.25) is 9.79 Å². The number of benzene rings is 1. The molecule has 1 fully saturated rings. The molecule has 10 heteroatoms. The highest BCUT2D eigenvalue weighted by Gasteiger charge is 2.42. The largest absolute Gasteiger partial charge is 0.355 e. The van der Waals surface area contributed by atoms with Crippen LogP contribution in [0.3, 0.4) is 0 Å². The van der Waals surface area contributed by atoms with Gasteiger partial charge in [0.05, 0.1) is 10.3 Å². The average Bonchev–Trinajstić information content (AvgIpc) is 3.17. The van der Waals surface area contributed by atoms with Crippen LogP contribution in [0, 0.1) is 12.3 Å². The number of carbonyl (C=O) groups excluding carboxylic acids is 1. The van der Waals surface area contributed by atoms with Gasteiger partial charge in [0, 0.05) is 40.8 Å². The maximum Gasteiger partial charge on any atom is 0.240 e. The van der Waals surface area contributed by atoms with Crippen LogP contribution in [0.5, 0.6) is 0 Å². The number of amides is 1. The van der Waals surface area contributed by atoms with E-state index in [1.165, 1.54) is 0 Å². The van der Waals surface area contributed by atoms with Gasteiger partial charge in [-0.2, -0.15) is 0 Å². The van der Waals surface area contributed by atoms with E-state index in [1.807, 2.05) is 6.92 Å². The van der Waals surface area contributed by atoms with Crippen LogP contribution in [-0.4, -0.2) is 66.0 Å². The molecule has 0 aliphatic heterocycles. The Kier molecular flexibility index (Phi) is 10.5. The van der Waals surface area contributed by atoms with Gasteiger partial charge < -0.3 is 15.5 Å². The zero-order valence-corrected chi connectivity index (χ0v) is 21.3. The minimum absolute atomic E-state index is 0. The normalized spacial score (nSPS) is 15.9. The Hall–Kier alpha value is -1.40. The predicted molar refractivity (Wildman–Crippen MR) is 131 cm³/mol. The maximum absolute atomic E-state index is 12.6. The summed E-state index contributed by atoms with van der Waals surface area (Å²) >= 11 is 0. The number of sulfonamides is 1. The number of hydrogen-bond acceptors (Lipinski definition) is 4. The number of carbonyl (C=O) groups is 1. The highest BCUT2D eigenvalue weighted by atomic mass is 127. The Morgan fingerprint density at radius 1 is 1.10 bits per heavy atom. The summed E-state index contributed by atoms with van der Waals surface area (Å²) in [7, 11) is 1.69. The lowest BCUT2D eigenvalue weighted by Gasteiger charge is -2.31. The first kappa shape index (κ1) is 26.6. The SMILES string of the molecule is CN=C(NCCNS(=O)(=O)c1ccc(C)cc1)NCC1(C(=O)N(C)C)CCCC1.I. The predicted octanol–water partition coefficient (Wildman–Crippen LogP) is 1.70. The van der Waals surface area contributed by atoms with Crippen LogP contribution in [0.25, 0.3) is 0 Å². The molecule has 2 rings (SSSR count). The summed E-state index contributed by atoms with van der Waals surface area (Å²) in [5.41, 5.74) is 0.613. The Balaban J connectivity index is 0.00000450. The van der Waals surface area contributed by atoms with Crippen molar-refractivity contribution in [2.75, 3.05) is 40.8 Å². The summed E-state index contributed by atoms with van der Waals surface area (Å²) in [6, 6.07) is 6.72. The van der Waals surface area contributed by atoms with Crippen LogP contribution < -0.4 is 15.4 Å². The molecule has 0 spiro atoms. The number of nitrogens with one attached hydrogen (secondary N) is 3. The molecule has 1 saturated carbocycles. The fraction of sp³-hybridized carbons (Fsp3) is 0.600. The third-order valence-corrected chi connectivity index (χ3v) is 6.76. The van der Waals surface area contributed by atoms with Gasteiger partial charge >= 0.3 is 0 Å². The highest BCUT2D eigenvalue weighted by molar-refractivity contribution is 14.0. The second-order valence-electron chi connectivity index (χ2n) is 7.75. The van der Waals surface area contributed by atoms with Gasteiger partial charge in [-0.1, -0.05) is 30.5 Å². The van der Waals surface area contributed by atoms with Crippen LogP contribution in [0.4, 0.5) is 0 Å². The highest BCUT2D eigenvalue weighted by Crippen LogP contribution is 2.38. The fourth-order valence-corrected chi connectivity index (χ4v) is 4.66. The van der Waals surface area contributed by atoms with Crippen molar-refractivity contribution in [2.45, 2.75) is 37.5 Å². The van der Waals surface area contributed by atoms with E-state index in [1.54, 1.807) is 50.3 Å². The molecular weight excluding hydrogens is 517 g/mol. The van der Waals surface area contributed by atoms with Crippen molar-refractivity contribution >= 4 is 45.9 Å². The van der Waals surface area contributed by atoms with Crippen molar-refractivity contribution in [3.8, 4) is 0 Å². The molecular formula is C20H34IN5O3S. The van der Waals surface area contributed by atoms with E-state index in [2.05, 4.69) is 20.3 Å². The molecule has 1 aliphatic carbocycles. The molecule has 0 unspecified atom stereocenters. The van der Waals surface area contributed by atoms with Gasteiger partial charge in [-0.05, 0) is 31.9 Å². The molecule has 3 N–H and O–H groups in total. The van der Waals surface area contributed by atoms with Crippen LogP contribution in [0.15, 0.2) is 34.2 Å². The summed E-state index contributed by atoms with van der Waals surface area (Å²) in [4.78, 5) is 18.7. The zero-order valence-electron chi connectivity index (χ0n) is 18.2. The standard InChI is InChI=1S/C20H33N5O3S.HI/c1-16-7-9-17(10-8-16)29(27,28)24-14-13-22-19(21-2)23-15-20(11-5-6-12-20)18(26)25(3)4;/h7-10,24H,5-6,11-15H2,1-4H3,(H2,21,22,23);1H. The van der Waals surface area contributed by atoms with E-state index in [0.29, 0.717) is 19.0 Å². The van der Waals surface area contributed by atoms with Gasteiger partial charge in [-0.15, -0.1) is 24.0 Å². The van der Waals surface area contributed by atoms with Gasteiger partial charge in [0.25, 0.3) is 0 Å². The van der Waals surface area contributed by atoms with Gasteiger partial charge in [0.2, 0.25) is 15.9 Å². The minimum atomic E-state index is -3.54. The van der Waals surface area contributed by atoms with Gasteiger partial charge in [-0.25, -0.2) is 13.1 Å². The van der Waals surface area contributed by atoms with E-state index in [9.17, 15) is 13.2 Å². The zero-order chi connectivity index (χ0) is 21.5. The topological polar surface area (TPSA) is 103 Å². The summed E-state index contributed by atoms with van der Waals surface area (Å²) < 4.78 is 27.2. The molecule has 170 valence electrons. The van der Waals surface area contributed by atoms with Crippen LogP contribution >= 0.6 is 24.0 Å². The Morgan fingerprint density at radius 2 is 1.70 bits per heavy atom. The number of guanidine groups is 1. The molecule has 0 bridgehead atoms. The second-order valence-corrected chi connectivity index (χ2v) is 9.52. The lowest BCUT2D eigenvalue weighted by atomic mass is 9.84. The molecule has 0 atom stereocenters. The van der Waals surface area contributed by atoms with Crippen LogP contribution in [0.2, 0.25) is 0 Å². The number of nitrogens with zero attached hydrogens (tertiary/aromatic N) is 2. The van der Waals surface area contributed by atoms with Crippen molar-refractivity contribution in [2.24, 2.45) is 10.4 Å². The maximum atomic E-state index is 12.6. The van der Waals surface area contributed by atoms with E-state index >= 15 is 0 Å². The third kappa shape index (κ3) is 7.09. The molecule has 30 heavy (non-hydrogen) atoms. The smallest absolute Gasteiger partial charge is 0.240 e. The summed E-state index contributed by atoms with van der Waals surface area (Å²) in [6.45, 7) is 3.02. The summed E-state index contributed by atoms with van der Waals surface area (Å²) in [6.07, 6.45) is 3.83.